The van der Waals surface area contributed by atoms with Crippen LogP contribution in [0.5, 0.6) is 0 Å². The maximum atomic E-state index is 12.3. The molecule has 1 rings (SSSR count). The summed E-state index contributed by atoms with van der Waals surface area (Å²) in [5.41, 5.74) is 5.91. The predicted octanol–water partition coefficient (Wildman–Crippen LogP) is 1.65. The van der Waals surface area contributed by atoms with E-state index in [9.17, 15) is 22.8 Å². The number of halogens is 4. The summed E-state index contributed by atoms with van der Waals surface area (Å²) in [6.07, 6.45) is -3.98. The molecule has 23 heavy (non-hydrogen) atoms. The number of carbonyl (C=O) groups excluding carboxylic acids is 2. The standard InChI is InChI=1S/C14H24F3N3O2.ClH/c1-9(2)11(18)4-5-19(3)13(22)10-6-12(21)20(7-10)8-14(15,16)17;/h9-11H,4-8,18H2,1-3H3;1H. The van der Waals surface area contributed by atoms with E-state index in [0.29, 0.717) is 23.8 Å². The van der Waals surface area contributed by atoms with Crippen LogP contribution in [0.4, 0.5) is 13.2 Å². The van der Waals surface area contributed by atoms with Crippen molar-refractivity contribution in [3.8, 4) is 0 Å². The first-order valence-corrected chi connectivity index (χ1v) is 7.36. The van der Waals surface area contributed by atoms with E-state index in [1.54, 1.807) is 7.05 Å². The molecule has 0 saturated carbocycles. The molecule has 9 heteroatoms. The van der Waals surface area contributed by atoms with E-state index in [1.165, 1.54) is 4.90 Å². The Morgan fingerprint density at radius 1 is 1.43 bits per heavy atom. The second-order valence-electron chi connectivity index (χ2n) is 6.25. The highest BCUT2D eigenvalue weighted by Gasteiger charge is 2.41. The fraction of sp³-hybridized carbons (Fsp3) is 0.857. The predicted molar refractivity (Wildman–Crippen MR) is 83.1 cm³/mol. The molecule has 1 aliphatic rings. The number of carbonyl (C=O) groups is 2. The molecular weight excluding hydrogens is 335 g/mol. The summed E-state index contributed by atoms with van der Waals surface area (Å²) in [4.78, 5) is 25.9. The van der Waals surface area contributed by atoms with Crippen molar-refractivity contribution in [3.05, 3.63) is 0 Å². The Morgan fingerprint density at radius 3 is 2.48 bits per heavy atom. The summed E-state index contributed by atoms with van der Waals surface area (Å²) < 4.78 is 37.0. The molecule has 1 heterocycles. The van der Waals surface area contributed by atoms with Gasteiger partial charge in [-0.3, -0.25) is 9.59 Å². The largest absolute Gasteiger partial charge is 0.406 e. The molecule has 136 valence electrons. The zero-order chi connectivity index (χ0) is 17.1. The van der Waals surface area contributed by atoms with Crippen molar-refractivity contribution >= 4 is 24.2 Å². The van der Waals surface area contributed by atoms with Crippen LogP contribution in [-0.2, 0) is 9.59 Å². The monoisotopic (exact) mass is 359 g/mol. The third-order valence-electron chi connectivity index (χ3n) is 3.96. The van der Waals surface area contributed by atoms with E-state index in [2.05, 4.69) is 0 Å². The maximum Gasteiger partial charge on any atom is 0.406 e. The molecule has 2 atom stereocenters. The first kappa shape index (κ1) is 22.0. The molecule has 1 aliphatic heterocycles. The van der Waals surface area contributed by atoms with Crippen molar-refractivity contribution in [1.29, 1.82) is 0 Å². The van der Waals surface area contributed by atoms with Gasteiger partial charge in [0.1, 0.15) is 6.54 Å². The second-order valence-corrected chi connectivity index (χ2v) is 6.25. The maximum absolute atomic E-state index is 12.3. The van der Waals surface area contributed by atoms with E-state index in [4.69, 9.17) is 5.73 Å². The van der Waals surface area contributed by atoms with Crippen LogP contribution in [0.15, 0.2) is 0 Å². The summed E-state index contributed by atoms with van der Waals surface area (Å²) in [5.74, 6) is -1.33. The molecule has 1 fully saturated rings. The van der Waals surface area contributed by atoms with Crippen molar-refractivity contribution < 1.29 is 22.8 Å². The van der Waals surface area contributed by atoms with E-state index >= 15 is 0 Å². The van der Waals surface area contributed by atoms with Crippen LogP contribution in [0.25, 0.3) is 0 Å². The zero-order valence-electron chi connectivity index (χ0n) is 13.6. The van der Waals surface area contributed by atoms with Crippen molar-refractivity contribution in [2.24, 2.45) is 17.6 Å². The fourth-order valence-corrected chi connectivity index (χ4v) is 2.40. The van der Waals surface area contributed by atoms with E-state index in [-0.39, 0.29) is 37.3 Å². The highest BCUT2D eigenvalue weighted by atomic mass is 35.5. The molecule has 2 N–H and O–H groups in total. The van der Waals surface area contributed by atoms with Crippen LogP contribution >= 0.6 is 12.4 Å². The lowest BCUT2D eigenvalue weighted by Gasteiger charge is -2.24. The summed E-state index contributed by atoms with van der Waals surface area (Å²) >= 11 is 0. The van der Waals surface area contributed by atoms with Crippen LogP contribution < -0.4 is 5.73 Å². The van der Waals surface area contributed by atoms with Gasteiger partial charge in [-0.05, 0) is 12.3 Å². The van der Waals surface area contributed by atoms with Gasteiger partial charge in [0.25, 0.3) is 0 Å². The molecule has 0 radical (unpaired) electrons. The van der Waals surface area contributed by atoms with Gasteiger partial charge >= 0.3 is 6.18 Å². The summed E-state index contributed by atoms with van der Waals surface area (Å²) in [7, 11) is 1.59. The average Bonchev–Trinajstić information content (AvgIpc) is 2.73. The minimum atomic E-state index is -4.44. The Hall–Kier alpha value is -1.02. The fourth-order valence-electron chi connectivity index (χ4n) is 2.40. The van der Waals surface area contributed by atoms with Gasteiger partial charge in [-0.15, -0.1) is 12.4 Å². The Bertz CT molecular complexity index is 419. The normalized spacial score (nSPS) is 19.7. The lowest BCUT2D eigenvalue weighted by molar-refractivity contribution is -0.157. The third kappa shape index (κ3) is 6.95. The minimum absolute atomic E-state index is 0. The van der Waals surface area contributed by atoms with Crippen LogP contribution in [0.3, 0.4) is 0 Å². The number of nitrogens with two attached hydrogens (primary N) is 1. The third-order valence-corrected chi connectivity index (χ3v) is 3.96. The molecule has 0 aromatic carbocycles. The van der Waals surface area contributed by atoms with E-state index in [1.807, 2.05) is 13.8 Å². The van der Waals surface area contributed by atoms with Crippen LogP contribution in [-0.4, -0.2) is 60.5 Å². The Balaban J connectivity index is 0.00000484. The lowest BCUT2D eigenvalue weighted by Crippen LogP contribution is -2.39. The van der Waals surface area contributed by atoms with Crippen LogP contribution in [0.1, 0.15) is 26.7 Å². The van der Waals surface area contributed by atoms with Crippen LogP contribution in [0.2, 0.25) is 0 Å². The lowest BCUT2D eigenvalue weighted by atomic mass is 10.0. The number of likely N-dealkylation sites (tertiary alicyclic amines) is 1. The molecule has 0 aliphatic carbocycles. The summed E-state index contributed by atoms with van der Waals surface area (Å²) in [6.45, 7) is 2.94. The number of hydrogen-bond acceptors (Lipinski definition) is 3. The molecule has 2 unspecified atom stereocenters. The van der Waals surface area contributed by atoms with Gasteiger partial charge in [0.05, 0.1) is 5.92 Å². The molecule has 2 amide bonds. The van der Waals surface area contributed by atoms with Gasteiger partial charge in [0.15, 0.2) is 0 Å². The van der Waals surface area contributed by atoms with Gasteiger partial charge in [-0.1, -0.05) is 13.8 Å². The van der Waals surface area contributed by atoms with E-state index < -0.39 is 24.5 Å². The molecule has 0 spiro atoms. The smallest absolute Gasteiger partial charge is 0.345 e. The van der Waals surface area contributed by atoms with Crippen molar-refractivity contribution in [1.82, 2.24) is 9.80 Å². The SMILES string of the molecule is CC(C)C(N)CCN(C)C(=O)C1CC(=O)N(CC(F)(F)F)C1.Cl. The van der Waals surface area contributed by atoms with Crippen LogP contribution in [0, 0.1) is 11.8 Å². The Labute approximate surface area is 140 Å². The van der Waals surface area contributed by atoms with E-state index in [0.717, 1.165) is 0 Å². The number of nitrogens with zero attached hydrogens (tertiary/aromatic N) is 2. The quantitative estimate of drug-likeness (QED) is 0.784. The topological polar surface area (TPSA) is 66.6 Å². The molecule has 0 aromatic heterocycles. The van der Waals surface area contributed by atoms with Gasteiger partial charge in [0.2, 0.25) is 11.8 Å². The number of rotatable bonds is 6. The summed E-state index contributed by atoms with van der Waals surface area (Å²) in [5, 5.41) is 0. The van der Waals surface area contributed by atoms with Gasteiger partial charge in [-0.2, -0.15) is 13.2 Å². The Morgan fingerprint density at radius 2 is 2.00 bits per heavy atom. The number of amides is 2. The first-order valence-electron chi connectivity index (χ1n) is 7.36. The number of hydrogen-bond donors (Lipinski definition) is 1. The Kier molecular flexibility index (Phi) is 8.34. The highest BCUT2D eigenvalue weighted by Crippen LogP contribution is 2.25. The first-order chi connectivity index (χ1) is 10.0. The number of alkyl halides is 3. The highest BCUT2D eigenvalue weighted by molar-refractivity contribution is 5.89. The second kappa shape index (κ2) is 8.73. The molecule has 1 saturated heterocycles. The molecule has 0 aromatic rings. The summed E-state index contributed by atoms with van der Waals surface area (Å²) in [6, 6.07) is -0.0396. The van der Waals surface area contributed by atoms with Gasteiger partial charge in [0, 0.05) is 32.6 Å². The average molecular weight is 360 g/mol. The van der Waals surface area contributed by atoms with Gasteiger partial charge < -0.3 is 15.5 Å². The minimum Gasteiger partial charge on any atom is -0.345 e. The molecular formula is C14H25ClF3N3O2. The van der Waals surface area contributed by atoms with Gasteiger partial charge in [-0.25, -0.2) is 0 Å². The molecule has 0 bridgehead atoms. The molecule has 5 nitrogen and oxygen atoms in total. The van der Waals surface area contributed by atoms with Crippen molar-refractivity contribution in [3.63, 3.8) is 0 Å². The van der Waals surface area contributed by atoms with Crippen molar-refractivity contribution in [2.75, 3.05) is 26.7 Å². The van der Waals surface area contributed by atoms with Crippen molar-refractivity contribution in [2.45, 2.75) is 38.9 Å². The zero-order valence-corrected chi connectivity index (χ0v) is 14.4.